The molecule has 2 N–H and O–H groups in total. The van der Waals surface area contributed by atoms with E-state index in [9.17, 15) is 9.50 Å². The van der Waals surface area contributed by atoms with Crippen molar-refractivity contribution in [2.45, 2.75) is 32.9 Å². The molecule has 0 bridgehead atoms. The first-order chi connectivity index (χ1) is 8.39. The van der Waals surface area contributed by atoms with Gasteiger partial charge in [-0.1, -0.05) is 6.07 Å². The van der Waals surface area contributed by atoms with Crippen molar-refractivity contribution in [3.8, 4) is 0 Å². The van der Waals surface area contributed by atoms with Crippen molar-refractivity contribution in [3.63, 3.8) is 0 Å². The third-order valence-electron chi connectivity index (χ3n) is 2.75. The van der Waals surface area contributed by atoms with Gasteiger partial charge in [0.1, 0.15) is 5.82 Å². The van der Waals surface area contributed by atoms with E-state index in [4.69, 9.17) is 0 Å². The Kier molecular flexibility index (Phi) is 5.11. The molecule has 1 aromatic rings. The van der Waals surface area contributed by atoms with Crippen molar-refractivity contribution >= 4 is 5.69 Å². The summed E-state index contributed by atoms with van der Waals surface area (Å²) >= 11 is 0. The van der Waals surface area contributed by atoms with Gasteiger partial charge in [0.05, 0.1) is 5.60 Å². The largest absolute Gasteiger partial charge is 0.389 e. The lowest BCUT2D eigenvalue weighted by Gasteiger charge is -2.31. The summed E-state index contributed by atoms with van der Waals surface area (Å²) in [6.45, 7) is 7.19. The van der Waals surface area contributed by atoms with Crippen LogP contribution in [0.25, 0.3) is 0 Å². The minimum atomic E-state index is -0.806. The number of likely N-dealkylation sites (N-methyl/N-ethyl adjacent to an activating group) is 1. The highest BCUT2D eigenvalue weighted by Gasteiger charge is 2.20. The first kappa shape index (κ1) is 14.9. The van der Waals surface area contributed by atoms with Crippen LogP contribution in [0, 0.1) is 5.82 Å². The summed E-state index contributed by atoms with van der Waals surface area (Å²) in [6, 6.07) is 5.07. The quantitative estimate of drug-likeness (QED) is 0.816. The minimum Gasteiger partial charge on any atom is -0.389 e. The molecule has 0 heterocycles. The fourth-order valence-electron chi connectivity index (χ4n) is 2.03. The van der Waals surface area contributed by atoms with Gasteiger partial charge in [0, 0.05) is 30.9 Å². The zero-order chi connectivity index (χ0) is 13.8. The highest BCUT2D eigenvalue weighted by atomic mass is 19.1. The lowest BCUT2D eigenvalue weighted by atomic mass is 10.1. The standard InChI is InChI=1S/C14H23FN2O/c1-5-17(10-14(2,3)18)13-8-6-7-12(15)11(13)9-16-4/h6-8,16,18H,5,9-10H2,1-4H3. The van der Waals surface area contributed by atoms with Crippen LogP contribution >= 0.6 is 0 Å². The number of hydrogen-bond donors (Lipinski definition) is 2. The summed E-state index contributed by atoms with van der Waals surface area (Å²) in [5.41, 5.74) is 0.680. The maximum absolute atomic E-state index is 13.8. The van der Waals surface area contributed by atoms with E-state index < -0.39 is 5.60 Å². The Morgan fingerprint density at radius 3 is 2.56 bits per heavy atom. The van der Waals surface area contributed by atoms with Gasteiger partial charge in [0.15, 0.2) is 0 Å². The Hall–Kier alpha value is -1.13. The predicted molar refractivity (Wildman–Crippen MR) is 73.3 cm³/mol. The van der Waals surface area contributed by atoms with Crippen molar-refractivity contribution in [1.82, 2.24) is 5.32 Å². The second kappa shape index (κ2) is 6.16. The number of aliphatic hydroxyl groups is 1. The van der Waals surface area contributed by atoms with Gasteiger partial charge in [0.2, 0.25) is 0 Å². The van der Waals surface area contributed by atoms with E-state index in [2.05, 4.69) is 5.32 Å². The van der Waals surface area contributed by atoms with E-state index in [1.165, 1.54) is 6.07 Å². The Morgan fingerprint density at radius 1 is 1.39 bits per heavy atom. The first-order valence-corrected chi connectivity index (χ1v) is 6.28. The first-order valence-electron chi connectivity index (χ1n) is 6.28. The molecule has 102 valence electrons. The van der Waals surface area contributed by atoms with Crippen LogP contribution in [0.15, 0.2) is 18.2 Å². The summed E-state index contributed by atoms with van der Waals surface area (Å²) in [6.07, 6.45) is 0. The third-order valence-corrected chi connectivity index (χ3v) is 2.75. The van der Waals surface area contributed by atoms with Crippen LogP contribution in [0.4, 0.5) is 10.1 Å². The number of rotatable bonds is 6. The fourth-order valence-corrected chi connectivity index (χ4v) is 2.03. The van der Waals surface area contributed by atoms with E-state index in [0.717, 1.165) is 12.2 Å². The average molecular weight is 254 g/mol. The molecule has 0 aliphatic carbocycles. The lowest BCUT2D eigenvalue weighted by Crippen LogP contribution is -2.39. The number of benzene rings is 1. The summed E-state index contributed by atoms with van der Waals surface area (Å²) in [5.74, 6) is -0.212. The molecule has 18 heavy (non-hydrogen) atoms. The molecule has 0 spiro atoms. The summed E-state index contributed by atoms with van der Waals surface area (Å²) in [7, 11) is 1.79. The van der Waals surface area contributed by atoms with Gasteiger partial charge in [-0.05, 0) is 40.0 Å². The Morgan fingerprint density at radius 2 is 2.06 bits per heavy atom. The molecule has 1 aromatic carbocycles. The number of halogens is 1. The van der Waals surface area contributed by atoms with Gasteiger partial charge in [-0.25, -0.2) is 4.39 Å². The second-order valence-electron chi connectivity index (χ2n) is 5.09. The van der Waals surface area contributed by atoms with Crippen LogP contribution in [0.3, 0.4) is 0 Å². The molecule has 0 fully saturated rings. The van der Waals surface area contributed by atoms with Gasteiger partial charge in [-0.15, -0.1) is 0 Å². The number of nitrogens with zero attached hydrogens (tertiary/aromatic N) is 1. The molecule has 0 aliphatic heterocycles. The molecule has 3 nitrogen and oxygen atoms in total. The Bertz CT molecular complexity index is 388. The average Bonchev–Trinajstić information content (AvgIpc) is 2.28. The Balaban J connectivity index is 3.08. The SMILES string of the molecule is CCN(CC(C)(C)O)c1cccc(F)c1CNC. The zero-order valence-electron chi connectivity index (χ0n) is 11.6. The molecular formula is C14H23FN2O. The van der Waals surface area contributed by atoms with E-state index in [1.54, 1.807) is 27.0 Å². The normalized spacial score (nSPS) is 11.7. The summed E-state index contributed by atoms with van der Waals surface area (Å²) in [5, 5.41) is 12.9. The van der Waals surface area contributed by atoms with Gasteiger partial charge < -0.3 is 15.3 Å². The molecule has 0 saturated carbocycles. The monoisotopic (exact) mass is 254 g/mol. The van der Waals surface area contributed by atoms with Crippen molar-refractivity contribution in [1.29, 1.82) is 0 Å². The van der Waals surface area contributed by atoms with Crippen molar-refractivity contribution < 1.29 is 9.50 Å². The van der Waals surface area contributed by atoms with E-state index >= 15 is 0 Å². The van der Waals surface area contributed by atoms with Crippen molar-refractivity contribution in [3.05, 3.63) is 29.6 Å². The highest BCUT2D eigenvalue weighted by Crippen LogP contribution is 2.24. The number of nitrogens with one attached hydrogen (secondary N) is 1. The van der Waals surface area contributed by atoms with Crippen LogP contribution in [0.1, 0.15) is 26.3 Å². The van der Waals surface area contributed by atoms with E-state index in [-0.39, 0.29) is 5.82 Å². The molecule has 0 amide bonds. The maximum Gasteiger partial charge on any atom is 0.129 e. The topological polar surface area (TPSA) is 35.5 Å². The van der Waals surface area contributed by atoms with E-state index in [0.29, 0.717) is 18.7 Å². The van der Waals surface area contributed by atoms with Gasteiger partial charge in [-0.3, -0.25) is 0 Å². The molecule has 0 aliphatic rings. The molecule has 0 atom stereocenters. The molecule has 0 saturated heterocycles. The second-order valence-corrected chi connectivity index (χ2v) is 5.09. The van der Waals surface area contributed by atoms with Crippen molar-refractivity contribution in [2.24, 2.45) is 0 Å². The van der Waals surface area contributed by atoms with Crippen LogP contribution in [-0.4, -0.2) is 30.8 Å². The predicted octanol–water partition coefficient (Wildman–Crippen LogP) is 2.14. The van der Waals surface area contributed by atoms with Gasteiger partial charge in [-0.2, -0.15) is 0 Å². The van der Waals surface area contributed by atoms with Crippen LogP contribution in [0.2, 0.25) is 0 Å². The van der Waals surface area contributed by atoms with Gasteiger partial charge >= 0.3 is 0 Å². The highest BCUT2D eigenvalue weighted by molar-refractivity contribution is 5.54. The zero-order valence-corrected chi connectivity index (χ0v) is 11.6. The number of anilines is 1. The smallest absolute Gasteiger partial charge is 0.129 e. The number of hydrogen-bond acceptors (Lipinski definition) is 3. The Labute approximate surface area is 109 Å². The maximum atomic E-state index is 13.8. The summed E-state index contributed by atoms with van der Waals surface area (Å²) in [4.78, 5) is 2.00. The molecule has 0 unspecified atom stereocenters. The summed E-state index contributed by atoms with van der Waals surface area (Å²) < 4.78 is 13.8. The molecule has 0 radical (unpaired) electrons. The van der Waals surface area contributed by atoms with Crippen LogP contribution in [-0.2, 0) is 6.54 Å². The van der Waals surface area contributed by atoms with Crippen LogP contribution < -0.4 is 10.2 Å². The molecular weight excluding hydrogens is 231 g/mol. The van der Waals surface area contributed by atoms with Gasteiger partial charge in [0.25, 0.3) is 0 Å². The minimum absolute atomic E-state index is 0.212. The van der Waals surface area contributed by atoms with Crippen LogP contribution in [0.5, 0.6) is 0 Å². The lowest BCUT2D eigenvalue weighted by molar-refractivity contribution is 0.0875. The molecule has 4 heteroatoms. The van der Waals surface area contributed by atoms with E-state index in [1.807, 2.05) is 17.9 Å². The third kappa shape index (κ3) is 3.96. The molecule has 0 aromatic heterocycles. The fraction of sp³-hybridized carbons (Fsp3) is 0.571. The van der Waals surface area contributed by atoms with Crippen molar-refractivity contribution in [2.75, 3.05) is 25.0 Å². The molecule has 1 rings (SSSR count).